The van der Waals surface area contributed by atoms with Crippen LogP contribution >= 0.6 is 0 Å². The molecule has 4 atom stereocenters. The molecule has 0 aromatic carbocycles. The molecule has 1 aromatic rings. The van der Waals surface area contributed by atoms with Gasteiger partial charge in [0.2, 0.25) is 0 Å². The fourth-order valence-corrected chi connectivity index (χ4v) is 5.37. The van der Waals surface area contributed by atoms with E-state index >= 15 is 0 Å². The maximum absolute atomic E-state index is 12.7. The van der Waals surface area contributed by atoms with Crippen molar-refractivity contribution in [1.29, 1.82) is 5.41 Å². The monoisotopic (exact) mass is 466 g/mol. The number of hydrogen-bond donors (Lipinski definition) is 3. The van der Waals surface area contributed by atoms with Crippen LogP contribution in [0.2, 0.25) is 0 Å². The summed E-state index contributed by atoms with van der Waals surface area (Å²) in [5.41, 5.74) is 6.82. The molecule has 3 aliphatic rings. The maximum atomic E-state index is 12.7. The smallest absolute Gasteiger partial charge is 0.402 e. The van der Waals surface area contributed by atoms with E-state index in [0.717, 1.165) is 50.8 Å². The van der Waals surface area contributed by atoms with E-state index in [1.54, 1.807) is 6.08 Å². The van der Waals surface area contributed by atoms with E-state index in [4.69, 9.17) is 11.1 Å². The molecule has 1 saturated heterocycles. The molecule has 7 nitrogen and oxygen atoms in total. The van der Waals surface area contributed by atoms with E-state index in [9.17, 15) is 13.2 Å². The number of hydrogen-bond acceptors (Lipinski definition) is 7. The van der Waals surface area contributed by atoms with Gasteiger partial charge in [-0.25, -0.2) is 4.98 Å². The second-order valence-electron chi connectivity index (χ2n) is 9.79. The number of nitrogens with zero attached hydrogens (tertiary/aromatic N) is 3. The number of pyridine rings is 1. The molecule has 182 valence electrons. The summed E-state index contributed by atoms with van der Waals surface area (Å²) in [6.45, 7) is 8.56. The van der Waals surface area contributed by atoms with Gasteiger partial charge in [0, 0.05) is 61.6 Å². The van der Waals surface area contributed by atoms with Crippen molar-refractivity contribution >= 4 is 11.5 Å². The molecule has 0 radical (unpaired) electrons. The molecule has 4 rings (SSSR count). The van der Waals surface area contributed by atoms with Gasteiger partial charge in [0.25, 0.3) is 0 Å². The third-order valence-electron chi connectivity index (χ3n) is 7.01. The lowest BCUT2D eigenvalue weighted by molar-refractivity contribution is -0.274. The van der Waals surface area contributed by atoms with Gasteiger partial charge in [-0.3, -0.25) is 4.90 Å². The van der Waals surface area contributed by atoms with E-state index in [1.165, 1.54) is 6.20 Å². The Morgan fingerprint density at radius 1 is 1.24 bits per heavy atom. The standard InChI is InChI=1S/C23H33F3N6O/c1-13(2)30-19(11-18(27)14-8-20(22(28)29-12-14)33-23(24,25)26)21-16-9-15(10-17(16)21)32-6-4-31(3)5-7-32/h8,11-13,15-17,21,27,30H,4-7,9-10H2,1-3H3,(H2,28,29)/b19-11-,27-18?/t15-,16+,17-,21-. The van der Waals surface area contributed by atoms with Crippen molar-refractivity contribution in [3.63, 3.8) is 0 Å². The number of allylic oxidation sites excluding steroid dienone is 2. The first-order valence-electron chi connectivity index (χ1n) is 11.5. The average Bonchev–Trinajstić information content (AvgIpc) is 3.21. The number of nitrogen functional groups attached to an aromatic ring is 1. The predicted molar refractivity (Wildman–Crippen MR) is 121 cm³/mol. The molecule has 33 heavy (non-hydrogen) atoms. The minimum atomic E-state index is -4.87. The SMILES string of the molecule is CC(C)N/C(=C\C(=N)c1cnc(N)c(OC(F)(F)F)c1)[C@H]1[C@@H]2C[C@H](N3CCN(C)CC3)C[C@@H]21. The Balaban J connectivity index is 1.45. The zero-order chi connectivity index (χ0) is 23.9. The molecule has 1 aliphatic heterocycles. The molecule has 3 fully saturated rings. The van der Waals surface area contributed by atoms with Gasteiger partial charge in [-0.15, -0.1) is 13.2 Å². The number of fused-ring (bicyclic) bond motifs is 1. The number of nitrogens with two attached hydrogens (primary N) is 1. The van der Waals surface area contributed by atoms with Crippen LogP contribution in [0.5, 0.6) is 5.75 Å². The molecule has 2 aliphatic carbocycles. The van der Waals surface area contributed by atoms with Gasteiger partial charge in [-0.2, -0.15) is 0 Å². The van der Waals surface area contributed by atoms with Crippen LogP contribution in [0, 0.1) is 23.2 Å². The molecular formula is C23H33F3N6O. The Bertz CT molecular complexity index is 898. The fourth-order valence-electron chi connectivity index (χ4n) is 5.37. The van der Waals surface area contributed by atoms with E-state index < -0.39 is 12.1 Å². The van der Waals surface area contributed by atoms with Gasteiger partial charge in [0.1, 0.15) is 0 Å². The fraction of sp³-hybridized carbons (Fsp3) is 0.652. The van der Waals surface area contributed by atoms with Crippen LogP contribution in [-0.4, -0.2) is 72.2 Å². The van der Waals surface area contributed by atoms with E-state index in [0.29, 0.717) is 23.8 Å². The molecular weight excluding hydrogens is 433 g/mol. The summed E-state index contributed by atoms with van der Waals surface area (Å²) in [4.78, 5) is 8.77. The van der Waals surface area contributed by atoms with E-state index in [1.807, 2.05) is 13.8 Å². The summed E-state index contributed by atoms with van der Waals surface area (Å²) in [6.07, 6.45) is 0.496. The van der Waals surface area contributed by atoms with Crippen LogP contribution in [0.1, 0.15) is 32.3 Å². The zero-order valence-corrected chi connectivity index (χ0v) is 19.3. The molecule has 0 spiro atoms. The Hall–Kier alpha value is -2.33. The third kappa shape index (κ3) is 5.60. The van der Waals surface area contributed by atoms with Gasteiger partial charge in [-0.1, -0.05) is 0 Å². The third-order valence-corrected chi connectivity index (χ3v) is 7.01. The van der Waals surface area contributed by atoms with Crippen molar-refractivity contribution in [3.8, 4) is 5.75 Å². The topological polar surface area (TPSA) is 90.5 Å². The van der Waals surface area contributed by atoms with Crippen molar-refractivity contribution in [2.24, 2.45) is 17.8 Å². The average molecular weight is 467 g/mol. The molecule has 0 unspecified atom stereocenters. The van der Waals surface area contributed by atoms with Crippen molar-refractivity contribution in [1.82, 2.24) is 20.1 Å². The lowest BCUT2D eigenvalue weighted by atomic mass is 10.0. The van der Waals surface area contributed by atoms with Crippen molar-refractivity contribution in [2.45, 2.75) is 45.1 Å². The second-order valence-corrected chi connectivity index (χ2v) is 9.79. The van der Waals surface area contributed by atoms with E-state index in [-0.39, 0.29) is 23.1 Å². The maximum Gasteiger partial charge on any atom is 0.573 e. The quantitative estimate of drug-likeness (QED) is 0.535. The first-order valence-corrected chi connectivity index (χ1v) is 11.5. The van der Waals surface area contributed by atoms with Gasteiger partial charge < -0.3 is 26.1 Å². The number of anilines is 1. The molecule has 0 amide bonds. The summed E-state index contributed by atoms with van der Waals surface area (Å²) in [6, 6.07) is 1.94. The number of likely N-dealkylation sites (N-methyl/N-ethyl adjacent to an activating group) is 1. The normalized spacial score (nSPS) is 28.6. The van der Waals surface area contributed by atoms with Gasteiger partial charge in [-0.05, 0) is 57.7 Å². The number of piperazine rings is 1. The summed E-state index contributed by atoms with van der Waals surface area (Å²) in [5, 5.41) is 12.0. The lowest BCUT2D eigenvalue weighted by Crippen LogP contribution is -2.48. The highest BCUT2D eigenvalue weighted by molar-refractivity contribution is 6.07. The molecule has 2 saturated carbocycles. The van der Waals surface area contributed by atoms with E-state index in [2.05, 4.69) is 31.9 Å². The van der Waals surface area contributed by atoms with Gasteiger partial charge in [0.15, 0.2) is 11.6 Å². The summed E-state index contributed by atoms with van der Waals surface area (Å²) < 4.78 is 41.9. The first-order chi connectivity index (χ1) is 15.5. The lowest BCUT2D eigenvalue weighted by Gasteiger charge is -2.37. The molecule has 1 aromatic heterocycles. The summed E-state index contributed by atoms with van der Waals surface area (Å²) >= 11 is 0. The highest BCUT2D eigenvalue weighted by atomic mass is 19.4. The van der Waals surface area contributed by atoms with Crippen LogP contribution in [0.3, 0.4) is 0 Å². The van der Waals surface area contributed by atoms with Gasteiger partial charge in [0.05, 0.1) is 5.71 Å². The van der Waals surface area contributed by atoms with Crippen LogP contribution in [0.15, 0.2) is 24.0 Å². The summed E-state index contributed by atoms with van der Waals surface area (Å²) in [7, 11) is 2.16. The van der Waals surface area contributed by atoms with Crippen molar-refractivity contribution in [2.75, 3.05) is 39.0 Å². The van der Waals surface area contributed by atoms with Crippen molar-refractivity contribution < 1.29 is 17.9 Å². The first kappa shape index (κ1) is 23.8. The van der Waals surface area contributed by atoms with Crippen molar-refractivity contribution in [3.05, 3.63) is 29.6 Å². The Morgan fingerprint density at radius 2 is 1.88 bits per heavy atom. The minimum absolute atomic E-state index is 0.0817. The Labute approximate surface area is 192 Å². The zero-order valence-electron chi connectivity index (χ0n) is 19.3. The Kier molecular flexibility index (Phi) is 6.59. The second kappa shape index (κ2) is 9.13. The molecule has 0 bridgehead atoms. The largest absolute Gasteiger partial charge is 0.573 e. The summed E-state index contributed by atoms with van der Waals surface area (Å²) in [5.74, 6) is 0.598. The van der Waals surface area contributed by atoms with Crippen LogP contribution in [0.4, 0.5) is 19.0 Å². The number of rotatable bonds is 7. The highest BCUT2D eigenvalue weighted by Gasteiger charge is 2.58. The number of ether oxygens (including phenoxy) is 1. The van der Waals surface area contributed by atoms with Crippen LogP contribution < -0.4 is 15.8 Å². The highest BCUT2D eigenvalue weighted by Crippen LogP contribution is 2.61. The van der Waals surface area contributed by atoms with Crippen LogP contribution in [0.25, 0.3) is 0 Å². The minimum Gasteiger partial charge on any atom is -0.402 e. The van der Waals surface area contributed by atoms with Crippen LogP contribution in [-0.2, 0) is 0 Å². The molecule has 2 heterocycles. The number of nitrogens with one attached hydrogen (secondary N) is 2. The molecule has 10 heteroatoms. The number of aromatic nitrogens is 1. The number of alkyl halides is 3. The van der Waals surface area contributed by atoms with Gasteiger partial charge >= 0.3 is 6.36 Å². The predicted octanol–water partition coefficient (Wildman–Crippen LogP) is 3.08. The molecule has 4 N–H and O–H groups in total. The number of halogens is 3. The Morgan fingerprint density at radius 3 is 2.45 bits per heavy atom.